The number of nitrogens with zero attached hydrogens (tertiary/aromatic N) is 1. The van der Waals surface area contributed by atoms with Crippen molar-refractivity contribution in [1.82, 2.24) is 0 Å². The highest BCUT2D eigenvalue weighted by Gasteiger charge is 2.31. The molecule has 0 aromatic heterocycles. The summed E-state index contributed by atoms with van der Waals surface area (Å²) < 4.78 is 0. The Hall–Kier alpha value is -0.330. The van der Waals surface area contributed by atoms with Crippen LogP contribution in [0.15, 0.2) is 4.99 Å². The van der Waals surface area contributed by atoms with Crippen LogP contribution in [0.1, 0.15) is 60.3 Å². The highest BCUT2D eigenvalue weighted by molar-refractivity contribution is 5.87. The van der Waals surface area contributed by atoms with Crippen molar-refractivity contribution in [2.75, 3.05) is 6.54 Å². The summed E-state index contributed by atoms with van der Waals surface area (Å²) in [5.41, 5.74) is 1.96. The van der Waals surface area contributed by atoms with Crippen molar-refractivity contribution in [1.29, 1.82) is 0 Å². The quantitative estimate of drug-likeness (QED) is 0.642. The molecule has 0 heterocycles. The molecule has 1 fully saturated rings. The molecule has 0 spiro atoms. The summed E-state index contributed by atoms with van der Waals surface area (Å²) in [6.45, 7) is 12.7. The number of rotatable bonds is 2. The van der Waals surface area contributed by atoms with Crippen LogP contribution >= 0.6 is 0 Å². The van der Waals surface area contributed by atoms with Crippen LogP contribution in [0.5, 0.6) is 0 Å². The summed E-state index contributed by atoms with van der Waals surface area (Å²) in [5.74, 6) is 1.60. The van der Waals surface area contributed by atoms with E-state index in [9.17, 15) is 0 Å². The Morgan fingerprint density at radius 3 is 2.47 bits per heavy atom. The molecule has 0 unspecified atom stereocenters. The molecule has 88 valence electrons. The lowest BCUT2D eigenvalue weighted by Crippen LogP contribution is -2.31. The van der Waals surface area contributed by atoms with E-state index in [4.69, 9.17) is 4.99 Å². The lowest BCUT2D eigenvalue weighted by molar-refractivity contribution is 0.190. The lowest BCUT2D eigenvalue weighted by atomic mass is 9.69. The Morgan fingerprint density at radius 1 is 1.33 bits per heavy atom. The van der Waals surface area contributed by atoms with Gasteiger partial charge in [0.15, 0.2) is 0 Å². The molecule has 1 heteroatoms. The molecule has 0 amide bonds. The monoisotopic (exact) mass is 209 g/mol. The average Bonchev–Trinajstić information content (AvgIpc) is 2.14. The normalized spacial score (nSPS) is 30.9. The Labute approximate surface area is 95.4 Å². The first-order valence-corrected chi connectivity index (χ1v) is 6.48. The minimum atomic E-state index is 0.477. The summed E-state index contributed by atoms with van der Waals surface area (Å²) in [6, 6.07) is 0. The topological polar surface area (TPSA) is 12.4 Å². The van der Waals surface area contributed by atoms with Gasteiger partial charge in [-0.05, 0) is 42.9 Å². The van der Waals surface area contributed by atoms with Crippen LogP contribution < -0.4 is 0 Å². The standard InChI is InChI=1S/C14H27N/c1-6-9-15-13-8-7-12(10-11(13)2)14(3,4)5/h11-12H,6-10H2,1-5H3/t11-,12-/m1/s1. The fraction of sp³-hybridized carbons (Fsp3) is 0.929. The highest BCUT2D eigenvalue weighted by Crippen LogP contribution is 2.39. The third-order valence-corrected chi connectivity index (χ3v) is 3.72. The van der Waals surface area contributed by atoms with Gasteiger partial charge in [0.1, 0.15) is 0 Å². The van der Waals surface area contributed by atoms with Gasteiger partial charge in [0, 0.05) is 12.3 Å². The maximum atomic E-state index is 4.72. The summed E-state index contributed by atoms with van der Waals surface area (Å²) in [7, 11) is 0. The zero-order valence-corrected chi connectivity index (χ0v) is 11.1. The number of hydrogen-bond acceptors (Lipinski definition) is 1. The van der Waals surface area contributed by atoms with Crippen LogP contribution in [-0.2, 0) is 0 Å². The van der Waals surface area contributed by atoms with Crippen molar-refractivity contribution in [3.63, 3.8) is 0 Å². The minimum absolute atomic E-state index is 0.477. The molecule has 1 saturated carbocycles. The van der Waals surface area contributed by atoms with Gasteiger partial charge in [0.2, 0.25) is 0 Å². The first-order valence-electron chi connectivity index (χ1n) is 6.48. The fourth-order valence-electron chi connectivity index (χ4n) is 2.53. The molecule has 2 atom stereocenters. The largest absolute Gasteiger partial charge is 0.294 e. The second kappa shape index (κ2) is 5.14. The van der Waals surface area contributed by atoms with Gasteiger partial charge in [-0.2, -0.15) is 0 Å². The molecule has 0 saturated heterocycles. The maximum absolute atomic E-state index is 4.72. The van der Waals surface area contributed by atoms with E-state index in [-0.39, 0.29) is 0 Å². The van der Waals surface area contributed by atoms with Crippen LogP contribution in [0.4, 0.5) is 0 Å². The summed E-state index contributed by atoms with van der Waals surface area (Å²) in [4.78, 5) is 4.72. The van der Waals surface area contributed by atoms with Gasteiger partial charge in [0.05, 0.1) is 0 Å². The van der Waals surface area contributed by atoms with E-state index < -0.39 is 0 Å². The van der Waals surface area contributed by atoms with Crippen molar-refractivity contribution < 1.29 is 0 Å². The van der Waals surface area contributed by atoms with Crippen LogP contribution in [0, 0.1) is 17.3 Å². The van der Waals surface area contributed by atoms with E-state index in [1.807, 2.05) is 0 Å². The van der Waals surface area contributed by atoms with E-state index in [0.29, 0.717) is 5.41 Å². The summed E-state index contributed by atoms with van der Waals surface area (Å²) >= 11 is 0. The van der Waals surface area contributed by atoms with Crippen molar-refractivity contribution in [2.45, 2.75) is 60.3 Å². The molecular weight excluding hydrogens is 182 g/mol. The molecule has 0 radical (unpaired) electrons. The van der Waals surface area contributed by atoms with Gasteiger partial charge >= 0.3 is 0 Å². The van der Waals surface area contributed by atoms with Gasteiger partial charge in [-0.15, -0.1) is 0 Å². The van der Waals surface area contributed by atoms with Gasteiger partial charge in [0.25, 0.3) is 0 Å². The molecule has 0 N–H and O–H groups in total. The van der Waals surface area contributed by atoms with Crippen LogP contribution in [0.25, 0.3) is 0 Å². The summed E-state index contributed by atoms with van der Waals surface area (Å²) in [6.07, 6.45) is 5.10. The number of hydrogen-bond donors (Lipinski definition) is 0. The first kappa shape index (κ1) is 12.7. The fourth-order valence-corrected chi connectivity index (χ4v) is 2.53. The van der Waals surface area contributed by atoms with Gasteiger partial charge < -0.3 is 0 Å². The molecule has 0 aromatic rings. The van der Waals surface area contributed by atoms with Crippen LogP contribution in [-0.4, -0.2) is 12.3 Å². The van der Waals surface area contributed by atoms with Gasteiger partial charge in [-0.25, -0.2) is 0 Å². The SMILES string of the molecule is CCCN=C1CC[C@@H](C(C)(C)C)C[C@H]1C. The second-order valence-electron chi connectivity index (χ2n) is 6.11. The molecule has 0 aromatic carbocycles. The molecule has 1 aliphatic carbocycles. The Bertz CT molecular complexity index is 222. The van der Waals surface area contributed by atoms with Crippen LogP contribution in [0.2, 0.25) is 0 Å². The number of aliphatic imine (C=N–C) groups is 1. The molecule has 1 rings (SSSR count). The van der Waals surface area contributed by atoms with Crippen LogP contribution in [0.3, 0.4) is 0 Å². The Kier molecular flexibility index (Phi) is 4.36. The van der Waals surface area contributed by atoms with Crippen molar-refractivity contribution in [3.05, 3.63) is 0 Å². The molecular formula is C14H27N. The molecule has 1 nitrogen and oxygen atoms in total. The van der Waals surface area contributed by atoms with E-state index in [0.717, 1.165) is 18.4 Å². The Morgan fingerprint density at radius 2 is 2.00 bits per heavy atom. The summed E-state index contributed by atoms with van der Waals surface area (Å²) in [5, 5.41) is 0. The third-order valence-electron chi connectivity index (χ3n) is 3.72. The van der Waals surface area contributed by atoms with E-state index >= 15 is 0 Å². The first-order chi connectivity index (χ1) is 6.95. The third kappa shape index (κ3) is 3.62. The zero-order valence-electron chi connectivity index (χ0n) is 11.1. The predicted molar refractivity (Wildman–Crippen MR) is 68.6 cm³/mol. The predicted octanol–water partition coefficient (Wildman–Crippen LogP) is 4.32. The highest BCUT2D eigenvalue weighted by atomic mass is 14.7. The van der Waals surface area contributed by atoms with E-state index in [1.54, 1.807) is 0 Å². The van der Waals surface area contributed by atoms with Gasteiger partial charge in [-0.1, -0.05) is 34.6 Å². The molecule has 0 bridgehead atoms. The zero-order chi connectivity index (χ0) is 11.5. The van der Waals surface area contributed by atoms with E-state index in [2.05, 4.69) is 34.6 Å². The van der Waals surface area contributed by atoms with Gasteiger partial charge in [-0.3, -0.25) is 4.99 Å². The second-order valence-corrected chi connectivity index (χ2v) is 6.11. The average molecular weight is 209 g/mol. The molecule has 0 aliphatic heterocycles. The Balaban J connectivity index is 2.55. The lowest BCUT2D eigenvalue weighted by Gasteiger charge is -2.37. The van der Waals surface area contributed by atoms with E-state index in [1.165, 1.54) is 31.4 Å². The maximum Gasteiger partial charge on any atom is 0.0386 e. The van der Waals surface area contributed by atoms with Crippen molar-refractivity contribution in [3.8, 4) is 0 Å². The smallest absolute Gasteiger partial charge is 0.0386 e. The van der Waals surface area contributed by atoms with Crippen molar-refractivity contribution in [2.24, 2.45) is 22.2 Å². The molecule has 15 heavy (non-hydrogen) atoms. The molecule has 1 aliphatic rings. The minimum Gasteiger partial charge on any atom is -0.294 e. The van der Waals surface area contributed by atoms with Crippen molar-refractivity contribution >= 4 is 5.71 Å².